The highest BCUT2D eigenvalue weighted by molar-refractivity contribution is 6.04. The van der Waals surface area contributed by atoms with Crippen LogP contribution >= 0.6 is 0 Å². The molecule has 5 nitrogen and oxygen atoms in total. The summed E-state index contributed by atoms with van der Waals surface area (Å²) in [6.07, 6.45) is -1.48. The Balaban J connectivity index is 1.33. The van der Waals surface area contributed by atoms with Crippen LogP contribution in [0.4, 0.5) is 24.5 Å². The summed E-state index contributed by atoms with van der Waals surface area (Å²) >= 11 is 0. The smallest absolute Gasteiger partial charge is 0.416 e. The molecule has 0 bridgehead atoms. The predicted octanol–water partition coefficient (Wildman–Crippen LogP) is 4.65. The lowest BCUT2D eigenvalue weighted by Gasteiger charge is -2.24. The van der Waals surface area contributed by atoms with Gasteiger partial charge in [-0.2, -0.15) is 13.2 Å². The van der Waals surface area contributed by atoms with Gasteiger partial charge in [0.25, 0.3) is 5.91 Å². The van der Waals surface area contributed by atoms with Gasteiger partial charge in [-0.25, -0.2) is 4.99 Å². The number of benzene rings is 2. The van der Waals surface area contributed by atoms with Gasteiger partial charge in [0.15, 0.2) is 0 Å². The van der Waals surface area contributed by atoms with E-state index in [-0.39, 0.29) is 5.69 Å². The summed E-state index contributed by atoms with van der Waals surface area (Å²) in [6, 6.07) is 12.7. The molecule has 3 aliphatic rings. The molecule has 1 aliphatic carbocycles. The fourth-order valence-corrected chi connectivity index (χ4v) is 4.41. The Morgan fingerprint density at radius 2 is 1.81 bits per heavy atom. The molecule has 1 amide bonds. The minimum Gasteiger partial charge on any atom is -0.461 e. The van der Waals surface area contributed by atoms with Gasteiger partial charge in [0, 0.05) is 37.1 Å². The topological polar surface area (TPSA) is 45.1 Å². The van der Waals surface area contributed by atoms with E-state index in [2.05, 4.69) is 4.90 Å². The third kappa shape index (κ3) is 3.72. The van der Waals surface area contributed by atoms with E-state index in [0.29, 0.717) is 5.90 Å². The molecule has 1 saturated heterocycles. The molecular weight excluding hydrogens is 419 g/mol. The van der Waals surface area contributed by atoms with Crippen molar-refractivity contribution in [2.75, 3.05) is 29.9 Å². The second-order valence-electron chi connectivity index (χ2n) is 8.70. The second-order valence-corrected chi connectivity index (χ2v) is 8.70. The fourth-order valence-electron chi connectivity index (χ4n) is 4.41. The molecule has 2 aromatic carbocycles. The van der Waals surface area contributed by atoms with Crippen molar-refractivity contribution in [1.29, 1.82) is 0 Å². The van der Waals surface area contributed by atoms with Crippen LogP contribution in [0.25, 0.3) is 0 Å². The summed E-state index contributed by atoms with van der Waals surface area (Å²) in [6.45, 7) is 2.11. The van der Waals surface area contributed by atoms with Crippen LogP contribution in [0.1, 0.15) is 36.8 Å². The molecule has 0 aromatic heterocycles. The van der Waals surface area contributed by atoms with E-state index in [4.69, 9.17) is 9.73 Å². The third-order valence-corrected chi connectivity index (χ3v) is 6.51. The molecule has 1 atom stereocenters. The van der Waals surface area contributed by atoms with E-state index >= 15 is 0 Å². The molecule has 2 heterocycles. The van der Waals surface area contributed by atoms with E-state index in [1.165, 1.54) is 36.9 Å². The van der Waals surface area contributed by atoms with Gasteiger partial charge in [-0.15, -0.1) is 0 Å². The zero-order chi connectivity index (χ0) is 22.5. The first-order valence-corrected chi connectivity index (χ1v) is 10.8. The SMILES string of the molecule is CN(C(=O)C1OC(c2ccc(N3CCCC3)cc2)=NC12CC2)c1cccc(C(F)(F)F)c1. The van der Waals surface area contributed by atoms with Crippen LogP contribution in [-0.4, -0.2) is 43.6 Å². The van der Waals surface area contributed by atoms with Crippen molar-refractivity contribution in [3.63, 3.8) is 0 Å². The lowest BCUT2D eigenvalue weighted by Crippen LogP contribution is -2.43. The highest BCUT2D eigenvalue weighted by atomic mass is 19.4. The number of nitrogens with zero attached hydrogens (tertiary/aromatic N) is 3. The number of aliphatic imine (C=N–C) groups is 1. The molecule has 2 aliphatic heterocycles. The molecule has 168 valence electrons. The number of hydrogen-bond donors (Lipinski definition) is 0. The molecule has 1 unspecified atom stereocenters. The fraction of sp³-hybridized carbons (Fsp3) is 0.417. The summed E-state index contributed by atoms with van der Waals surface area (Å²) in [5.41, 5.74) is 0.723. The van der Waals surface area contributed by atoms with Crippen molar-refractivity contribution in [1.82, 2.24) is 0 Å². The summed E-state index contributed by atoms with van der Waals surface area (Å²) < 4.78 is 45.3. The third-order valence-electron chi connectivity index (χ3n) is 6.51. The lowest BCUT2D eigenvalue weighted by atomic mass is 10.1. The minimum atomic E-state index is -4.47. The van der Waals surface area contributed by atoms with Crippen molar-refractivity contribution in [2.45, 2.75) is 43.5 Å². The summed E-state index contributed by atoms with van der Waals surface area (Å²) in [5, 5.41) is 0. The number of alkyl halides is 3. The van der Waals surface area contributed by atoms with Crippen molar-refractivity contribution in [2.24, 2.45) is 4.99 Å². The first-order valence-electron chi connectivity index (χ1n) is 10.8. The Kier molecular flexibility index (Phi) is 4.91. The number of ether oxygens (including phenoxy) is 1. The number of hydrogen-bond acceptors (Lipinski definition) is 4. The van der Waals surface area contributed by atoms with Crippen LogP contribution in [0.3, 0.4) is 0 Å². The van der Waals surface area contributed by atoms with Crippen molar-refractivity contribution in [3.8, 4) is 0 Å². The zero-order valence-corrected chi connectivity index (χ0v) is 17.7. The van der Waals surface area contributed by atoms with E-state index < -0.39 is 29.3 Å². The molecule has 0 N–H and O–H groups in total. The number of likely N-dealkylation sites (N-methyl/N-ethyl adjacent to an activating group) is 1. The Bertz CT molecular complexity index is 1050. The average Bonchev–Trinajstić information content (AvgIpc) is 3.19. The van der Waals surface area contributed by atoms with Crippen molar-refractivity contribution >= 4 is 23.2 Å². The lowest BCUT2D eigenvalue weighted by molar-refractivity contribution is -0.137. The van der Waals surface area contributed by atoms with Gasteiger partial charge in [-0.3, -0.25) is 4.79 Å². The van der Waals surface area contributed by atoms with Gasteiger partial charge < -0.3 is 14.5 Å². The van der Waals surface area contributed by atoms with Gasteiger partial charge in [0.2, 0.25) is 12.0 Å². The van der Waals surface area contributed by atoms with E-state index in [1.54, 1.807) is 0 Å². The quantitative estimate of drug-likeness (QED) is 0.691. The number of rotatable bonds is 4. The molecule has 32 heavy (non-hydrogen) atoms. The molecule has 8 heteroatoms. The van der Waals surface area contributed by atoms with Crippen LogP contribution in [0.2, 0.25) is 0 Å². The molecule has 5 rings (SSSR count). The van der Waals surface area contributed by atoms with Crippen LogP contribution in [0, 0.1) is 0 Å². The van der Waals surface area contributed by atoms with Crippen LogP contribution in [-0.2, 0) is 15.7 Å². The Hall–Kier alpha value is -3.03. The molecule has 2 fully saturated rings. The predicted molar refractivity (Wildman–Crippen MR) is 116 cm³/mol. The Morgan fingerprint density at radius 3 is 2.44 bits per heavy atom. The first-order chi connectivity index (χ1) is 15.3. The van der Waals surface area contributed by atoms with E-state index in [1.807, 2.05) is 24.3 Å². The van der Waals surface area contributed by atoms with Gasteiger partial charge in [-0.1, -0.05) is 6.07 Å². The molecule has 2 aromatic rings. The van der Waals surface area contributed by atoms with Crippen LogP contribution < -0.4 is 9.80 Å². The Morgan fingerprint density at radius 1 is 1.12 bits per heavy atom. The maximum absolute atomic E-state index is 13.2. The van der Waals surface area contributed by atoms with Gasteiger partial charge in [-0.05, 0) is 68.1 Å². The monoisotopic (exact) mass is 443 g/mol. The average molecular weight is 443 g/mol. The largest absolute Gasteiger partial charge is 0.461 e. The van der Waals surface area contributed by atoms with Gasteiger partial charge in [0.1, 0.15) is 5.54 Å². The van der Waals surface area contributed by atoms with Gasteiger partial charge >= 0.3 is 6.18 Å². The number of carbonyl (C=O) groups is 1. The maximum Gasteiger partial charge on any atom is 0.416 e. The summed E-state index contributed by atoms with van der Waals surface area (Å²) in [7, 11) is 1.47. The van der Waals surface area contributed by atoms with E-state index in [0.717, 1.165) is 49.3 Å². The normalized spacial score (nSPS) is 21.4. The number of carbonyl (C=O) groups excluding carboxylic acids is 1. The van der Waals surface area contributed by atoms with Gasteiger partial charge in [0.05, 0.1) is 5.56 Å². The maximum atomic E-state index is 13.2. The standard InChI is InChI=1S/C24H24F3N3O2/c1-29(19-6-4-5-17(15-19)24(25,26)27)22(31)20-23(11-12-23)28-21(32-20)16-7-9-18(10-8-16)30-13-2-3-14-30/h4-10,15,20H,2-3,11-14H2,1H3. The molecule has 0 radical (unpaired) electrons. The number of halogens is 3. The Labute approximate surface area is 184 Å². The number of amides is 1. The molecular formula is C24H24F3N3O2. The highest BCUT2D eigenvalue weighted by Gasteiger charge is 2.59. The van der Waals surface area contributed by atoms with Crippen molar-refractivity contribution < 1.29 is 22.7 Å². The van der Waals surface area contributed by atoms with Crippen LogP contribution in [0.15, 0.2) is 53.5 Å². The summed E-state index contributed by atoms with van der Waals surface area (Å²) in [5.74, 6) is 0.0283. The van der Waals surface area contributed by atoms with Crippen LogP contribution in [0.5, 0.6) is 0 Å². The van der Waals surface area contributed by atoms with E-state index in [9.17, 15) is 18.0 Å². The van der Waals surface area contributed by atoms with Crippen molar-refractivity contribution in [3.05, 3.63) is 59.7 Å². The second kappa shape index (κ2) is 7.53. The highest BCUT2D eigenvalue weighted by Crippen LogP contribution is 2.49. The zero-order valence-electron chi connectivity index (χ0n) is 17.7. The minimum absolute atomic E-state index is 0.174. The molecule has 1 spiro atoms. The first kappa shape index (κ1) is 20.8. The summed E-state index contributed by atoms with van der Waals surface area (Å²) in [4.78, 5) is 21.5. The molecule has 1 saturated carbocycles. The number of anilines is 2.